The highest BCUT2D eigenvalue weighted by atomic mass is 16.5. The third-order valence-corrected chi connectivity index (χ3v) is 3.41. The predicted octanol–water partition coefficient (Wildman–Crippen LogP) is -0.249. The molecule has 2 rings (SSSR count). The molecule has 5 N–H and O–H groups in total. The molecule has 1 heterocycles. The maximum Gasteiger partial charge on any atom is 0.121 e. The van der Waals surface area contributed by atoms with E-state index in [-0.39, 0.29) is 11.3 Å². The molecule has 0 amide bonds. The van der Waals surface area contributed by atoms with Gasteiger partial charge in [-0.25, -0.2) is 0 Å². The lowest BCUT2D eigenvalue weighted by Crippen LogP contribution is -2.65. The molecule has 1 aromatic carbocycles. The van der Waals surface area contributed by atoms with E-state index in [0.717, 1.165) is 0 Å². The molecule has 1 aliphatic heterocycles. The second kappa shape index (κ2) is 5.75. The van der Waals surface area contributed by atoms with Crippen LogP contribution in [0.2, 0.25) is 0 Å². The van der Waals surface area contributed by atoms with Crippen LogP contribution in [0.5, 0.6) is 11.5 Å². The Morgan fingerprint density at radius 3 is 2.79 bits per heavy atom. The van der Waals surface area contributed by atoms with Crippen LogP contribution in [-0.2, 0) is 4.74 Å². The van der Waals surface area contributed by atoms with Crippen molar-refractivity contribution in [3.05, 3.63) is 23.8 Å². The number of phenols is 1. The number of β-amino-alcohol motifs (C(OH)–C–C–N with tert-alkyl or cyclic N) is 1. The molecule has 0 bridgehead atoms. The van der Waals surface area contributed by atoms with Gasteiger partial charge < -0.3 is 30.7 Å². The van der Waals surface area contributed by atoms with Crippen LogP contribution in [0, 0.1) is 0 Å². The Morgan fingerprint density at radius 2 is 2.26 bits per heavy atom. The zero-order chi connectivity index (χ0) is 13.9. The fraction of sp³-hybridized carbons (Fsp3) is 0.538. The van der Waals surface area contributed by atoms with Gasteiger partial charge in [0.15, 0.2) is 0 Å². The van der Waals surface area contributed by atoms with Crippen LogP contribution in [-0.4, -0.2) is 49.2 Å². The van der Waals surface area contributed by atoms with Crippen molar-refractivity contribution in [3.63, 3.8) is 0 Å². The summed E-state index contributed by atoms with van der Waals surface area (Å²) in [5, 5.41) is 23.1. The summed E-state index contributed by atoms with van der Waals surface area (Å²) < 4.78 is 10.2. The van der Waals surface area contributed by atoms with E-state index in [2.05, 4.69) is 5.32 Å². The number of methoxy groups -OCH3 is 1. The van der Waals surface area contributed by atoms with Crippen molar-refractivity contribution in [1.82, 2.24) is 5.32 Å². The van der Waals surface area contributed by atoms with Crippen LogP contribution in [0.3, 0.4) is 0 Å². The van der Waals surface area contributed by atoms with Crippen LogP contribution in [0.15, 0.2) is 18.2 Å². The molecule has 0 saturated carbocycles. The standard InChI is InChI=1S/C13H20N2O4/c1-18-9-2-3-11(16)10(4-9)12(17)5-15-13(6-14)7-19-8-13/h2-4,12,15-17H,5-8,14H2,1H3. The average Bonchev–Trinajstić information content (AvgIpc) is 2.38. The monoisotopic (exact) mass is 268 g/mol. The number of aromatic hydroxyl groups is 1. The average molecular weight is 268 g/mol. The third-order valence-electron chi connectivity index (χ3n) is 3.41. The van der Waals surface area contributed by atoms with Gasteiger partial charge in [-0.1, -0.05) is 0 Å². The maximum atomic E-state index is 10.1. The van der Waals surface area contributed by atoms with Gasteiger partial charge in [0.25, 0.3) is 0 Å². The first-order valence-corrected chi connectivity index (χ1v) is 6.18. The molecule has 1 unspecified atom stereocenters. The van der Waals surface area contributed by atoms with Crippen LogP contribution < -0.4 is 15.8 Å². The first-order valence-electron chi connectivity index (χ1n) is 6.18. The Labute approximate surface area is 112 Å². The molecule has 1 saturated heterocycles. The van der Waals surface area contributed by atoms with Crippen LogP contribution in [0.4, 0.5) is 0 Å². The molecule has 1 aromatic rings. The van der Waals surface area contributed by atoms with Crippen molar-refractivity contribution >= 4 is 0 Å². The van der Waals surface area contributed by atoms with E-state index >= 15 is 0 Å². The summed E-state index contributed by atoms with van der Waals surface area (Å²) in [7, 11) is 1.54. The number of nitrogens with two attached hydrogens (primary N) is 1. The minimum absolute atomic E-state index is 0.0433. The summed E-state index contributed by atoms with van der Waals surface area (Å²) >= 11 is 0. The summed E-state index contributed by atoms with van der Waals surface area (Å²) in [5.41, 5.74) is 5.85. The van der Waals surface area contributed by atoms with Crippen molar-refractivity contribution in [2.45, 2.75) is 11.6 Å². The number of nitrogens with one attached hydrogen (secondary N) is 1. The lowest BCUT2D eigenvalue weighted by Gasteiger charge is -2.41. The highest BCUT2D eigenvalue weighted by Gasteiger charge is 2.37. The SMILES string of the molecule is COc1ccc(O)c(C(O)CNC2(CN)COC2)c1. The van der Waals surface area contributed by atoms with Crippen LogP contribution in [0.25, 0.3) is 0 Å². The Bertz CT molecular complexity index is 429. The second-order valence-electron chi connectivity index (χ2n) is 4.80. The third kappa shape index (κ3) is 2.98. The normalized spacial score (nSPS) is 18.7. The Morgan fingerprint density at radius 1 is 1.53 bits per heavy atom. The summed E-state index contributed by atoms with van der Waals surface area (Å²) in [6.07, 6.45) is -0.834. The summed E-state index contributed by atoms with van der Waals surface area (Å²) in [6, 6.07) is 4.76. The highest BCUT2D eigenvalue weighted by molar-refractivity contribution is 5.40. The van der Waals surface area contributed by atoms with Gasteiger partial charge in [-0.2, -0.15) is 0 Å². The molecular formula is C13H20N2O4. The van der Waals surface area contributed by atoms with Gasteiger partial charge in [0.1, 0.15) is 11.5 Å². The minimum atomic E-state index is -0.834. The number of benzene rings is 1. The molecule has 1 fully saturated rings. The quantitative estimate of drug-likeness (QED) is 0.568. The van der Waals surface area contributed by atoms with Gasteiger partial charge in [-0.3, -0.25) is 0 Å². The molecule has 106 valence electrons. The number of hydrogen-bond acceptors (Lipinski definition) is 6. The van der Waals surface area contributed by atoms with E-state index in [1.54, 1.807) is 12.1 Å². The van der Waals surface area contributed by atoms with E-state index in [4.69, 9.17) is 15.2 Å². The molecule has 0 radical (unpaired) electrons. The zero-order valence-electron chi connectivity index (χ0n) is 10.9. The molecule has 1 aliphatic rings. The Hall–Kier alpha value is -1.34. The maximum absolute atomic E-state index is 10.1. The smallest absolute Gasteiger partial charge is 0.121 e. The van der Waals surface area contributed by atoms with E-state index in [9.17, 15) is 10.2 Å². The largest absolute Gasteiger partial charge is 0.508 e. The molecular weight excluding hydrogens is 248 g/mol. The van der Waals surface area contributed by atoms with Gasteiger partial charge >= 0.3 is 0 Å². The minimum Gasteiger partial charge on any atom is -0.508 e. The molecule has 0 aliphatic carbocycles. The lowest BCUT2D eigenvalue weighted by atomic mass is 9.97. The van der Waals surface area contributed by atoms with E-state index in [1.807, 2.05) is 0 Å². The predicted molar refractivity (Wildman–Crippen MR) is 70.2 cm³/mol. The summed E-state index contributed by atoms with van der Waals surface area (Å²) in [6.45, 7) is 1.83. The number of aliphatic hydroxyl groups is 1. The number of phenolic OH excluding ortho intramolecular Hbond substituents is 1. The summed E-state index contributed by atoms with van der Waals surface area (Å²) in [5.74, 6) is 0.633. The van der Waals surface area contributed by atoms with Gasteiger partial charge in [0.05, 0.1) is 32.0 Å². The Kier molecular flexibility index (Phi) is 4.26. The van der Waals surface area contributed by atoms with Crippen molar-refractivity contribution in [2.24, 2.45) is 5.73 Å². The van der Waals surface area contributed by atoms with E-state index < -0.39 is 6.10 Å². The zero-order valence-corrected chi connectivity index (χ0v) is 10.9. The van der Waals surface area contributed by atoms with Crippen molar-refractivity contribution in [1.29, 1.82) is 0 Å². The lowest BCUT2D eigenvalue weighted by molar-refractivity contribution is -0.0728. The molecule has 6 nitrogen and oxygen atoms in total. The second-order valence-corrected chi connectivity index (χ2v) is 4.80. The van der Waals surface area contributed by atoms with Crippen molar-refractivity contribution in [2.75, 3.05) is 33.4 Å². The van der Waals surface area contributed by atoms with Gasteiger partial charge in [0.2, 0.25) is 0 Å². The van der Waals surface area contributed by atoms with Gasteiger partial charge in [-0.05, 0) is 18.2 Å². The number of ether oxygens (including phenoxy) is 2. The fourth-order valence-electron chi connectivity index (χ4n) is 1.99. The molecule has 6 heteroatoms. The van der Waals surface area contributed by atoms with E-state index in [1.165, 1.54) is 13.2 Å². The topological polar surface area (TPSA) is 97.0 Å². The Balaban J connectivity index is 2.01. The van der Waals surface area contributed by atoms with Gasteiger partial charge in [-0.15, -0.1) is 0 Å². The molecule has 0 aromatic heterocycles. The number of aliphatic hydroxyl groups excluding tert-OH is 1. The van der Waals surface area contributed by atoms with Gasteiger partial charge in [0, 0.05) is 18.7 Å². The first kappa shape index (κ1) is 14.1. The van der Waals surface area contributed by atoms with Crippen molar-refractivity contribution < 1.29 is 19.7 Å². The van der Waals surface area contributed by atoms with Crippen LogP contribution >= 0.6 is 0 Å². The molecule has 19 heavy (non-hydrogen) atoms. The fourth-order valence-corrected chi connectivity index (χ4v) is 1.99. The molecule has 1 atom stereocenters. The van der Waals surface area contributed by atoms with E-state index in [0.29, 0.717) is 37.6 Å². The molecule has 0 spiro atoms. The number of hydrogen-bond donors (Lipinski definition) is 4. The first-order chi connectivity index (χ1) is 9.10. The number of rotatable bonds is 6. The summed E-state index contributed by atoms with van der Waals surface area (Å²) in [4.78, 5) is 0. The van der Waals surface area contributed by atoms with Crippen LogP contribution in [0.1, 0.15) is 11.7 Å². The van der Waals surface area contributed by atoms with Crippen molar-refractivity contribution in [3.8, 4) is 11.5 Å². The highest BCUT2D eigenvalue weighted by Crippen LogP contribution is 2.28.